The zero-order valence-electron chi connectivity index (χ0n) is 11.5. The second-order valence-electron chi connectivity index (χ2n) is 4.67. The van der Waals surface area contributed by atoms with Gasteiger partial charge in [-0.15, -0.1) is 0 Å². The molecule has 0 aliphatic carbocycles. The molecule has 0 bridgehead atoms. The van der Waals surface area contributed by atoms with Crippen molar-refractivity contribution in [3.8, 4) is 0 Å². The number of hydrogen-bond donors (Lipinski definition) is 1. The predicted octanol–water partition coefficient (Wildman–Crippen LogP) is 1.94. The highest BCUT2D eigenvalue weighted by Crippen LogP contribution is 2.04. The van der Waals surface area contributed by atoms with E-state index in [-0.39, 0.29) is 0 Å². The van der Waals surface area contributed by atoms with Gasteiger partial charge in [-0.1, -0.05) is 6.92 Å². The first kappa shape index (κ1) is 14.1. The molecule has 3 nitrogen and oxygen atoms in total. The van der Waals surface area contributed by atoms with Crippen molar-refractivity contribution in [3.05, 3.63) is 30.1 Å². The van der Waals surface area contributed by atoms with Crippen molar-refractivity contribution in [2.24, 2.45) is 0 Å². The van der Waals surface area contributed by atoms with E-state index in [1.165, 1.54) is 5.56 Å². The first-order valence-electron chi connectivity index (χ1n) is 6.47. The van der Waals surface area contributed by atoms with Crippen LogP contribution in [0.25, 0.3) is 0 Å². The zero-order chi connectivity index (χ0) is 12.7. The van der Waals surface area contributed by atoms with Crippen molar-refractivity contribution in [2.75, 3.05) is 20.1 Å². The molecule has 3 heteroatoms. The summed E-state index contributed by atoms with van der Waals surface area (Å²) in [5.74, 6) is 0. The van der Waals surface area contributed by atoms with Crippen LogP contribution in [-0.4, -0.2) is 42.1 Å². The molecule has 1 heterocycles. The summed E-state index contributed by atoms with van der Waals surface area (Å²) in [5.41, 5.74) is 1.36. The lowest BCUT2D eigenvalue weighted by Crippen LogP contribution is -2.45. The number of nitrogens with one attached hydrogen (secondary N) is 1. The van der Waals surface area contributed by atoms with Gasteiger partial charge in [0.05, 0.1) is 0 Å². The number of nitrogens with zero attached hydrogens (tertiary/aromatic N) is 2. The predicted molar refractivity (Wildman–Crippen MR) is 73.2 cm³/mol. The van der Waals surface area contributed by atoms with E-state index in [0.717, 1.165) is 19.5 Å². The van der Waals surface area contributed by atoms with Crippen molar-refractivity contribution in [2.45, 2.75) is 39.3 Å². The van der Waals surface area contributed by atoms with Crippen LogP contribution in [0.1, 0.15) is 26.3 Å². The molecular formula is C14H25N3. The number of hydrogen-bond acceptors (Lipinski definition) is 3. The van der Waals surface area contributed by atoms with E-state index in [1.807, 2.05) is 12.4 Å². The molecule has 0 spiro atoms. The largest absolute Gasteiger partial charge is 0.313 e. The second-order valence-corrected chi connectivity index (χ2v) is 4.67. The molecule has 2 unspecified atom stereocenters. The van der Waals surface area contributed by atoms with Gasteiger partial charge in [-0.05, 0) is 51.6 Å². The topological polar surface area (TPSA) is 28.2 Å². The molecule has 96 valence electrons. The Hall–Kier alpha value is -0.930. The van der Waals surface area contributed by atoms with Crippen LogP contribution in [0.5, 0.6) is 0 Å². The molecule has 2 atom stereocenters. The van der Waals surface area contributed by atoms with Gasteiger partial charge in [0.15, 0.2) is 0 Å². The van der Waals surface area contributed by atoms with Crippen LogP contribution < -0.4 is 5.32 Å². The summed E-state index contributed by atoms with van der Waals surface area (Å²) < 4.78 is 0. The fourth-order valence-corrected chi connectivity index (χ4v) is 1.93. The van der Waals surface area contributed by atoms with Gasteiger partial charge in [-0.3, -0.25) is 4.98 Å². The van der Waals surface area contributed by atoms with E-state index in [2.05, 4.69) is 55.2 Å². The molecule has 0 saturated carbocycles. The highest BCUT2D eigenvalue weighted by molar-refractivity contribution is 5.09. The summed E-state index contributed by atoms with van der Waals surface area (Å²) in [4.78, 5) is 6.45. The van der Waals surface area contributed by atoms with Crippen LogP contribution in [0.2, 0.25) is 0 Å². The Morgan fingerprint density at radius 1 is 1.29 bits per heavy atom. The molecule has 1 aromatic rings. The lowest BCUT2D eigenvalue weighted by atomic mass is 10.1. The molecule has 0 saturated heterocycles. The Labute approximate surface area is 105 Å². The lowest BCUT2D eigenvalue weighted by molar-refractivity contribution is 0.217. The third kappa shape index (κ3) is 4.84. The third-order valence-electron chi connectivity index (χ3n) is 3.45. The summed E-state index contributed by atoms with van der Waals surface area (Å²) in [6, 6.07) is 5.26. The van der Waals surface area contributed by atoms with Gasteiger partial charge >= 0.3 is 0 Å². The molecule has 17 heavy (non-hydrogen) atoms. The van der Waals surface area contributed by atoms with Gasteiger partial charge in [0.25, 0.3) is 0 Å². The average molecular weight is 235 g/mol. The number of rotatable bonds is 7. The van der Waals surface area contributed by atoms with Crippen molar-refractivity contribution in [1.29, 1.82) is 0 Å². The van der Waals surface area contributed by atoms with Gasteiger partial charge in [-0.2, -0.15) is 0 Å². The summed E-state index contributed by atoms with van der Waals surface area (Å²) in [6.45, 7) is 8.79. The van der Waals surface area contributed by atoms with Gasteiger partial charge in [-0.25, -0.2) is 0 Å². The summed E-state index contributed by atoms with van der Waals surface area (Å²) in [6.07, 6.45) is 4.81. The highest BCUT2D eigenvalue weighted by atomic mass is 15.2. The molecule has 0 aromatic carbocycles. The van der Waals surface area contributed by atoms with Crippen molar-refractivity contribution in [1.82, 2.24) is 15.2 Å². The van der Waals surface area contributed by atoms with E-state index in [1.54, 1.807) is 0 Å². The Balaban J connectivity index is 2.36. The zero-order valence-corrected chi connectivity index (χ0v) is 11.5. The minimum atomic E-state index is 0.530. The van der Waals surface area contributed by atoms with Crippen LogP contribution in [0.4, 0.5) is 0 Å². The molecule has 1 N–H and O–H groups in total. The maximum atomic E-state index is 4.04. The number of likely N-dealkylation sites (N-methyl/N-ethyl adjacent to an activating group) is 2. The molecule has 1 aromatic heterocycles. The van der Waals surface area contributed by atoms with Crippen LogP contribution >= 0.6 is 0 Å². The highest BCUT2D eigenvalue weighted by Gasteiger charge is 2.15. The van der Waals surface area contributed by atoms with Crippen molar-refractivity contribution in [3.63, 3.8) is 0 Å². The van der Waals surface area contributed by atoms with Crippen molar-refractivity contribution < 1.29 is 0 Å². The first-order valence-corrected chi connectivity index (χ1v) is 6.47. The van der Waals surface area contributed by atoms with Crippen molar-refractivity contribution >= 4 is 0 Å². The van der Waals surface area contributed by atoms with Crippen LogP contribution in [-0.2, 0) is 6.42 Å². The smallest absolute Gasteiger partial charge is 0.0270 e. The molecule has 0 amide bonds. The Morgan fingerprint density at radius 2 is 1.94 bits per heavy atom. The van der Waals surface area contributed by atoms with E-state index < -0.39 is 0 Å². The maximum Gasteiger partial charge on any atom is 0.0270 e. The SMILES string of the molecule is CCNC(C)C(C)N(C)CCc1ccncc1. The van der Waals surface area contributed by atoms with E-state index >= 15 is 0 Å². The lowest BCUT2D eigenvalue weighted by Gasteiger charge is -2.30. The second kappa shape index (κ2) is 7.41. The number of pyridine rings is 1. The fraction of sp³-hybridized carbons (Fsp3) is 0.643. The Kier molecular flexibility index (Phi) is 6.16. The molecule has 0 aliphatic heterocycles. The minimum absolute atomic E-state index is 0.530. The maximum absolute atomic E-state index is 4.04. The van der Waals surface area contributed by atoms with E-state index in [9.17, 15) is 0 Å². The minimum Gasteiger partial charge on any atom is -0.313 e. The number of aromatic nitrogens is 1. The third-order valence-corrected chi connectivity index (χ3v) is 3.45. The summed E-state index contributed by atoms with van der Waals surface area (Å²) in [7, 11) is 2.19. The Bertz CT molecular complexity index is 300. The molecule has 1 rings (SSSR count). The van der Waals surface area contributed by atoms with E-state index in [0.29, 0.717) is 12.1 Å². The van der Waals surface area contributed by atoms with Gasteiger partial charge in [0.1, 0.15) is 0 Å². The van der Waals surface area contributed by atoms with Gasteiger partial charge < -0.3 is 10.2 Å². The molecular weight excluding hydrogens is 210 g/mol. The summed E-state index contributed by atoms with van der Waals surface area (Å²) in [5, 5.41) is 3.47. The fourth-order valence-electron chi connectivity index (χ4n) is 1.93. The molecule has 0 fully saturated rings. The van der Waals surface area contributed by atoms with Crippen LogP contribution in [0, 0.1) is 0 Å². The normalized spacial score (nSPS) is 14.9. The quantitative estimate of drug-likeness (QED) is 0.783. The average Bonchev–Trinajstić information content (AvgIpc) is 2.36. The van der Waals surface area contributed by atoms with E-state index in [4.69, 9.17) is 0 Å². The summed E-state index contributed by atoms with van der Waals surface area (Å²) >= 11 is 0. The van der Waals surface area contributed by atoms with Crippen LogP contribution in [0.3, 0.4) is 0 Å². The standard InChI is InChI=1S/C14H25N3/c1-5-16-12(2)13(3)17(4)11-8-14-6-9-15-10-7-14/h6-7,9-10,12-13,16H,5,8,11H2,1-4H3. The first-order chi connectivity index (χ1) is 8.15. The van der Waals surface area contributed by atoms with Gasteiger partial charge in [0, 0.05) is 31.0 Å². The molecule has 0 aliphatic rings. The molecule has 0 radical (unpaired) electrons. The van der Waals surface area contributed by atoms with Gasteiger partial charge in [0.2, 0.25) is 0 Å². The monoisotopic (exact) mass is 235 g/mol. The Morgan fingerprint density at radius 3 is 2.53 bits per heavy atom. The van der Waals surface area contributed by atoms with Crippen LogP contribution in [0.15, 0.2) is 24.5 Å².